The van der Waals surface area contributed by atoms with Gasteiger partial charge in [-0.3, -0.25) is 9.98 Å². The summed E-state index contributed by atoms with van der Waals surface area (Å²) in [5, 5.41) is 4.11. The number of benzene rings is 1. The van der Waals surface area contributed by atoms with Crippen LogP contribution in [-0.4, -0.2) is 35.8 Å². The van der Waals surface area contributed by atoms with Gasteiger partial charge in [0.1, 0.15) is 12.2 Å². The minimum atomic E-state index is -0.141. The maximum Gasteiger partial charge on any atom is 0.168 e. The van der Waals surface area contributed by atoms with Gasteiger partial charge in [-0.1, -0.05) is 55.4 Å². The van der Waals surface area contributed by atoms with E-state index in [0.29, 0.717) is 0 Å². The first kappa shape index (κ1) is 15.0. The van der Waals surface area contributed by atoms with E-state index in [9.17, 15) is 0 Å². The van der Waals surface area contributed by atoms with Crippen LogP contribution in [0, 0.1) is 0 Å². The zero-order valence-electron chi connectivity index (χ0n) is 12.6. The van der Waals surface area contributed by atoms with Crippen molar-refractivity contribution in [3.8, 4) is 0 Å². The lowest BCUT2D eigenvalue weighted by molar-refractivity contribution is 0.803. The van der Waals surface area contributed by atoms with E-state index in [1.807, 2.05) is 6.07 Å². The third kappa shape index (κ3) is 3.62. The van der Waals surface area contributed by atoms with Gasteiger partial charge in [0.05, 0.1) is 0 Å². The molecule has 1 aromatic rings. The Morgan fingerprint density at radius 3 is 2.95 bits per heavy atom. The summed E-state index contributed by atoms with van der Waals surface area (Å²) < 4.78 is 0. The molecule has 1 atom stereocenters. The Balaban J connectivity index is 1.70. The normalized spacial score (nSPS) is 21.3. The number of rotatable bonds is 5. The molecule has 3 rings (SSSR count). The molecule has 0 aromatic heterocycles. The van der Waals surface area contributed by atoms with Gasteiger partial charge in [0.2, 0.25) is 0 Å². The summed E-state index contributed by atoms with van der Waals surface area (Å²) >= 11 is 1.66. The minimum Gasteiger partial charge on any atom is -0.321 e. The van der Waals surface area contributed by atoms with Crippen LogP contribution < -0.4 is 5.32 Å². The number of hydrogen-bond donors (Lipinski definition) is 1. The van der Waals surface area contributed by atoms with Gasteiger partial charge < -0.3 is 5.32 Å². The van der Waals surface area contributed by atoms with Crippen molar-refractivity contribution in [1.82, 2.24) is 5.32 Å². The van der Waals surface area contributed by atoms with Crippen LogP contribution in [0.1, 0.15) is 25.3 Å². The number of unbranched alkanes of at least 4 members (excludes halogenated alkanes) is 1. The number of hydrogen-bond acceptors (Lipinski definition) is 5. The molecule has 1 unspecified atom stereocenters. The highest BCUT2D eigenvalue weighted by atomic mass is 32.2. The summed E-state index contributed by atoms with van der Waals surface area (Å²) in [7, 11) is 0. The standard InChI is InChI=1S/C16H19N5S/c1-2-3-9-17-14-13-15(19-11-18-13)21-16(20-14)22-10-12-7-5-4-6-8-12/h4-8,11,13H,2-3,9-10H2,1H3,(H,17,18,19,20,21). The van der Waals surface area contributed by atoms with Crippen molar-refractivity contribution in [2.75, 3.05) is 6.54 Å². The Labute approximate surface area is 134 Å². The molecular formula is C16H19N5S. The molecule has 114 valence electrons. The van der Waals surface area contributed by atoms with E-state index < -0.39 is 0 Å². The van der Waals surface area contributed by atoms with Crippen molar-refractivity contribution in [1.29, 1.82) is 0 Å². The van der Waals surface area contributed by atoms with Crippen LogP contribution in [0.25, 0.3) is 0 Å². The highest BCUT2D eigenvalue weighted by Crippen LogP contribution is 2.18. The fourth-order valence-corrected chi connectivity index (χ4v) is 2.99. The molecule has 0 saturated heterocycles. The van der Waals surface area contributed by atoms with Crippen molar-refractivity contribution in [2.45, 2.75) is 31.6 Å². The van der Waals surface area contributed by atoms with Crippen molar-refractivity contribution < 1.29 is 0 Å². The Kier molecular flexibility index (Phi) is 5.00. The molecule has 0 amide bonds. The lowest BCUT2D eigenvalue weighted by atomic mass is 10.2. The maximum atomic E-state index is 4.64. The van der Waals surface area contributed by atoms with Gasteiger partial charge in [-0.05, 0) is 12.0 Å². The third-order valence-corrected chi connectivity index (χ3v) is 4.32. The van der Waals surface area contributed by atoms with Crippen molar-refractivity contribution in [3.63, 3.8) is 0 Å². The van der Waals surface area contributed by atoms with Crippen molar-refractivity contribution in [3.05, 3.63) is 35.9 Å². The molecule has 0 aliphatic carbocycles. The molecule has 1 N–H and O–H groups in total. The summed E-state index contributed by atoms with van der Waals surface area (Å²) in [6.45, 7) is 2.96. The van der Waals surface area contributed by atoms with E-state index in [0.717, 1.165) is 42.0 Å². The van der Waals surface area contributed by atoms with Gasteiger partial charge >= 0.3 is 0 Å². The number of nitrogens with one attached hydrogen (secondary N) is 1. The fraction of sp³-hybridized carbons (Fsp3) is 0.375. The van der Waals surface area contributed by atoms with E-state index in [4.69, 9.17) is 0 Å². The van der Waals surface area contributed by atoms with Gasteiger partial charge in [0.25, 0.3) is 0 Å². The number of nitrogens with zero attached hydrogens (tertiary/aromatic N) is 4. The van der Waals surface area contributed by atoms with E-state index in [2.05, 4.69) is 56.5 Å². The van der Waals surface area contributed by atoms with E-state index in [-0.39, 0.29) is 6.04 Å². The SMILES string of the molecule is CCCCN=C1N=C(SCc2ccccc2)NC2=NC=NC12. The zero-order valence-corrected chi connectivity index (χ0v) is 13.4. The highest BCUT2D eigenvalue weighted by Gasteiger charge is 2.29. The molecule has 6 heteroatoms. The number of amidine groups is 3. The summed E-state index contributed by atoms with van der Waals surface area (Å²) in [4.78, 5) is 17.8. The second kappa shape index (κ2) is 7.35. The lowest BCUT2D eigenvalue weighted by Crippen LogP contribution is -2.44. The molecule has 0 fully saturated rings. The molecule has 2 aliphatic rings. The quantitative estimate of drug-likeness (QED) is 0.850. The Morgan fingerprint density at radius 2 is 2.14 bits per heavy atom. The second-order valence-electron chi connectivity index (χ2n) is 5.09. The zero-order chi connectivity index (χ0) is 15.2. The van der Waals surface area contributed by atoms with Gasteiger partial charge in [-0.2, -0.15) is 0 Å². The Hall–Kier alpha value is -1.95. The Morgan fingerprint density at radius 1 is 1.27 bits per heavy atom. The number of aliphatic imine (C=N–C) groups is 4. The van der Waals surface area contributed by atoms with Crippen LogP contribution >= 0.6 is 11.8 Å². The van der Waals surface area contributed by atoms with Crippen molar-refractivity contribution in [2.24, 2.45) is 20.0 Å². The van der Waals surface area contributed by atoms with Crippen LogP contribution in [0.3, 0.4) is 0 Å². The van der Waals surface area contributed by atoms with Crippen molar-refractivity contribution >= 4 is 34.9 Å². The number of fused-ring (bicyclic) bond motifs is 1. The van der Waals surface area contributed by atoms with Gasteiger partial charge in [0.15, 0.2) is 17.0 Å². The minimum absolute atomic E-state index is 0.141. The monoisotopic (exact) mass is 313 g/mol. The predicted molar refractivity (Wildman–Crippen MR) is 95.2 cm³/mol. The molecule has 2 heterocycles. The largest absolute Gasteiger partial charge is 0.321 e. The van der Waals surface area contributed by atoms with Crippen LogP contribution in [-0.2, 0) is 5.75 Å². The van der Waals surface area contributed by atoms with Crippen LogP contribution in [0.2, 0.25) is 0 Å². The molecule has 0 saturated carbocycles. The summed E-state index contributed by atoms with van der Waals surface area (Å²) in [5.41, 5.74) is 1.27. The average Bonchev–Trinajstić information content (AvgIpc) is 3.03. The summed E-state index contributed by atoms with van der Waals surface area (Å²) in [6.07, 6.45) is 3.79. The predicted octanol–water partition coefficient (Wildman–Crippen LogP) is 2.89. The van der Waals surface area contributed by atoms with Crippen LogP contribution in [0.4, 0.5) is 0 Å². The van der Waals surface area contributed by atoms with Crippen LogP contribution in [0.5, 0.6) is 0 Å². The number of thioether (sulfide) groups is 1. The van der Waals surface area contributed by atoms with Gasteiger partial charge in [-0.15, -0.1) is 0 Å². The molecule has 0 spiro atoms. The van der Waals surface area contributed by atoms with Gasteiger partial charge in [0, 0.05) is 12.3 Å². The lowest BCUT2D eigenvalue weighted by Gasteiger charge is -2.20. The molecule has 2 aliphatic heterocycles. The second-order valence-corrected chi connectivity index (χ2v) is 6.06. The van der Waals surface area contributed by atoms with E-state index in [1.165, 1.54) is 5.56 Å². The fourth-order valence-electron chi connectivity index (χ4n) is 2.16. The van der Waals surface area contributed by atoms with E-state index in [1.54, 1.807) is 18.1 Å². The molecule has 0 bridgehead atoms. The third-order valence-electron chi connectivity index (χ3n) is 3.37. The first-order valence-electron chi connectivity index (χ1n) is 7.53. The molecule has 22 heavy (non-hydrogen) atoms. The maximum absolute atomic E-state index is 4.64. The molecule has 1 aromatic carbocycles. The highest BCUT2D eigenvalue weighted by molar-refractivity contribution is 8.13. The molecule has 0 radical (unpaired) electrons. The van der Waals surface area contributed by atoms with E-state index >= 15 is 0 Å². The first-order valence-corrected chi connectivity index (χ1v) is 8.51. The Bertz CT molecular complexity index is 633. The molecular weight excluding hydrogens is 294 g/mol. The first-order chi connectivity index (χ1) is 10.9. The topological polar surface area (TPSA) is 61.5 Å². The van der Waals surface area contributed by atoms with Crippen LogP contribution in [0.15, 0.2) is 50.3 Å². The molecule has 5 nitrogen and oxygen atoms in total. The average molecular weight is 313 g/mol. The summed E-state index contributed by atoms with van der Waals surface area (Å²) in [5.74, 6) is 2.48. The smallest absolute Gasteiger partial charge is 0.168 e. The summed E-state index contributed by atoms with van der Waals surface area (Å²) in [6, 6.07) is 10.2. The van der Waals surface area contributed by atoms with Gasteiger partial charge in [-0.25, -0.2) is 9.98 Å².